The largest absolute Gasteiger partial charge is 0.206 e. The van der Waals surface area contributed by atoms with E-state index >= 15 is 0 Å². The number of rotatable bonds is 2. The molecule has 0 saturated carbocycles. The van der Waals surface area contributed by atoms with Crippen molar-refractivity contribution in [3.63, 3.8) is 0 Å². The van der Waals surface area contributed by atoms with Gasteiger partial charge < -0.3 is 0 Å². The van der Waals surface area contributed by atoms with Gasteiger partial charge in [-0.15, -0.1) is 0 Å². The van der Waals surface area contributed by atoms with Crippen LogP contribution in [0.1, 0.15) is 37.6 Å². The summed E-state index contributed by atoms with van der Waals surface area (Å²) in [5, 5.41) is 0. The summed E-state index contributed by atoms with van der Waals surface area (Å²) in [7, 11) is 0. The van der Waals surface area contributed by atoms with Gasteiger partial charge in [-0.3, -0.25) is 0 Å². The van der Waals surface area contributed by atoms with E-state index in [1.165, 1.54) is 6.07 Å². The Balaban J connectivity index is 2.83. The Morgan fingerprint density at radius 2 is 1.93 bits per heavy atom. The second-order valence-electron chi connectivity index (χ2n) is 4.91. The SMILES string of the molecule is CC(C)(C)CC(Br)c1ccc(F)c(Br)c1. The van der Waals surface area contributed by atoms with Crippen molar-refractivity contribution in [3.05, 3.63) is 34.1 Å². The maximum atomic E-state index is 13.0. The Labute approximate surface area is 108 Å². The summed E-state index contributed by atoms with van der Waals surface area (Å²) in [6.07, 6.45) is 1.02. The number of alkyl halides is 1. The van der Waals surface area contributed by atoms with E-state index < -0.39 is 0 Å². The average Bonchev–Trinajstić information content (AvgIpc) is 2.06. The first-order chi connectivity index (χ1) is 6.79. The minimum absolute atomic E-state index is 0.214. The summed E-state index contributed by atoms with van der Waals surface area (Å²) < 4.78 is 13.6. The molecule has 0 spiro atoms. The topological polar surface area (TPSA) is 0 Å². The minimum Gasteiger partial charge on any atom is -0.206 e. The van der Waals surface area contributed by atoms with Gasteiger partial charge in [-0.25, -0.2) is 4.39 Å². The number of hydrogen-bond donors (Lipinski definition) is 0. The van der Waals surface area contributed by atoms with Crippen molar-refractivity contribution < 1.29 is 4.39 Å². The van der Waals surface area contributed by atoms with E-state index in [2.05, 4.69) is 52.6 Å². The second kappa shape index (κ2) is 4.96. The molecule has 0 N–H and O–H groups in total. The van der Waals surface area contributed by atoms with Gasteiger partial charge >= 0.3 is 0 Å². The van der Waals surface area contributed by atoms with E-state index in [0.717, 1.165) is 12.0 Å². The molecule has 0 saturated heterocycles. The maximum Gasteiger partial charge on any atom is 0.137 e. The van der Waals surface area contributed by atoms with Gasteiger partial charge in [-0.2, -0.15) is 0 Å². The molecule has 1 aromatic carbocycles. The third kappa shape index (κ3) is 4.23. The first-order valence-corrected chi connectivity index (χ1v) is 6.59. The zero-order valence-electron chi connectivity index (χ0n) is 9.15. The van der Waals surface area contributed by atoms with Crippen LogP contribution in [0.15, 0.2) is 22.7 Å². The predicted molar refractivity (Wildman–Crippen MR) is 69.8 cm³/mol. The van der Waals surface area contributed by atoms with Crippen molar-refractivity contribution in [1.82, 2.24) is 0 Å². The zero-order valence-corrected chi connectivity index (χ0v) is 12.3. The predicted octanol–water partition coefficient (Wildman–Crippen LogP) is 5.46. The van der Waals surface area contributed by atoms with Crippen molar-refractivity contribution in [2.45, 2.75) is 32.0 Å². The van der Waals surface area contributed by atoms with Crippen LogP contribution in [0.2, 0.25) is 0 Å². The van der Waals surface area contributed by atoms with Gasteiger partial charge in [0.25, 0.3) is 0 Å². The molecule has 0 amide bonds. The first kappa shape index (κ1) is 13.2. The fourth-order valence-corrected chi connectivity index (χ4v) is 3.02. The van der Waals surface area contributed by atoms with Crippen molar-refractivity contribution in [1.29, 1.82) is 0 Å². The highest BCUT2D eigenvalue weighted by atomic mass is 79.9. The summed E-state index contributed by atoms with van der Waals surface area (Å²) in [5.41, 5.74) is 1.37. The number of halogens is 3. The van der Waals surface area contributed by atoms with E-state index in [9.17, 15) is 4.39 Å². The molecule has 15 heavy (non-hydrogen) atoms. The van der Waals surface area contributed by atoms with Gasteiger partial charge in [-0.05, 0) is 45.5 Å². The molecule has 1 atom stereocenters. The molecule has 1 rings (SSSR count). The molecule has 0 bridgehead atoms. The van der Waals surface area contributed by atoms with Crippen molar-refractivity contribution >= 4 is 31.9 Å². The summed E-state index contributed by atoms with van der Waals surface area (Å²) in [6, 6.07) is 5.15. The lowest BCUT2D eigenvalue weighted by atomic mass is 9.88. The van der Waals surface area contributed by atoms with Gasteiger partial charge in [0, 0.05) is 4.83 Å². The van der Waals surface area contributed by atoms with E-state index in [-0.39, 0.29) is 16.1 Å². The van der Waals surface area contributed by atoms with Gasteiger partial charge in [0.1, 0.15) is 5.82 Å². The molecule has 0 heterocycles. The molecule has 0 aliphatic rings. The second-order valence-corrected chi connectivity index (χ2v) is 6.87. The zero-order chi connectivity index (χ0) is 11.6. The van der Waals surface area contributed by atoms with Crippen molar-refractivity contribution in [3.8, 4) is 0 Å². The van der Waals surface area contributed by atoms with Gasteiger partial charge in [0.05, 0.1) is 4.47 Å². The molecule has 0 aromatic heterocycles. The molecule has 1 unspecified atom stereocenters. The van der Waals surface area contributed by atoms with Crippen LogP contribution < -0.4 is 0 Å². The Bertz CT molecular complexity index is 342. The van der Waals surface area contributed by atoms with E-state index in [1.54, 1.807) is 0 Å². The molecule has 0 radical (unpaired) electrons. The first-order valence-electron chi connectivity index (χ1n) is 4.88. The highest BCUT2D eigenvalue weighted by Crippen LogP contribution is 2.36. The molecule has 0 aliphatic heterocycles. The van der Waals surface area contributed by atoms with Crippen LogP contribution >= 0.6 is 31.9 Å². The molecule has 1 aromatic rings. The Kier molecular flexibility index (Phi) is 4.36. The number of hydrogen-bond acceptors (Lipinski definition) is 0. The van der Waals surface area contributed by atoms with Crippen LogP contribution in [0.5, 0.6) is 0 Å². The molecule has 84 valence electrons. The minimum atomic E-state index is -0.214. The van der Waals surface area contributed by atoms with Crippen LogP contribution in [0.4, 0.5) is 4.39 Å². The standard InChI is InChI=1S/C12H15Br2F/c1-12(2,3)7-10(14)8-4-5-11(15)9(13)6-8/h4-6,10H,7H2,1-3H3. The monoisotopic (exact) mass is 336 g/mol. The molecule has 0 nitrogen and oxygen atoms in total. The molecule has 0 fully saturated rings. The lowest BCUT2D eigenvalue weighted by molar-refractivity contribution is 0.376. The Morgan fingerprint density at radius 3 is 2.40 bits per heavy atom. The molecule has 0 aliphatic carbocycles. The van der Waals surface area contributed by atoms with Gasteiger partial charge in [0.2, 0.25) is 0 Å². The average molecular weight is 338 g/mol. The van der Waals surface area contributed by atoms with Crippen LogP contribution in [0.3, 0.4) is 0 Å². The lowest BCUT2D eigenvalue weighted by Gasteiger charge is -2.22. The van der Waals surface area contributed by atoms with Crippen LogP contribution in [0, 0.1) is 11.2 Å². The smallest absolute Gasteiger partial charge is 0.137 e. The third-order valence-electron chi connectivity index (χ3n) is 2.10. The Morgan fingerprint density at radius 1 is 1.33 bits per heavy atom. The van der Waals surface area contributed by atoms with Gasteiger partial charge in [-0.1, -0.05) is 42.8 Å². The van der Waals surface area contributed by atoms with Crippen LogP contribution in [-0.2, 0) is 0 Å². The fraction of sp³-hybridized carbons (Fsp3) is 0.500. The molecular weight excluding hydrogens is 323 g/mol. The Hall–Kier alpha value is 0.110. The molecule has 3 heteroatoms. The molecular formula is C12H15Br2F. The summed E-state index contributed by atoms with van der Waals surface area (Å²) in [6.45, 7) is 6.58. The van der Waals surface area contributed by atoms with Crippen molar-refractivity contribution in [2.75, 3.05) is 0 Å². The lowest BCUT2D eigenvalue weighted by Crippen LogP contribution is -2.08. The third-order valence-corrected chi connectivity index (χ3v) is 3.56. The maximum absolute atomic E-state index is 13.0. The quantitative estimate of drug-likeness (QED) is 0.628. The summed E-state index contributed by atoms with van der Waals surface area (Å²) in [4.78, 5) is 0.273. The van der Waals surface area contributed by atoms with Crippen LogP contribution in [0.25, 0.3) is 0 Å². The summed E-state index contributed by atoms with van der Waals surface area (Å²) in [5.74, 6) is -0.214. The highest BCUT2D eigenvalue weighted by molar-refractivity contribution is 9.10. The van der Waals surface area contributed by atoms with E-state index in [0.29, 0.717) is 4.47 Å². The normalized spacial score (nSPS) is 14.0. The summed E-state index contributed by atoms with van der Waals surface area (Å²) >= 11 is 6.84. The van der Waals surface area contributed by atoms with Crippen molar-refractivity contribution in [2.24, 2.45) is 5.41 Å². The van der Waals surface area contributed by atoms with Gasteiger partial charge in [0.15, 0.2) is 0 Å². The number of benzene rings is 1. The fourth-order valence-electron chi connectivity index (χ4n) is 1.36. The van der Waals surface area contributed by atoms with E-state index in [4.69, 9.17) is 0 Å². The highest BCUT2D eigenvalue weighted by Gasteiger charge is 2.18. The van der Waals surface area contributed by atoms with E-state index in [1.807, 2.05) is 12.1 Å². The van der Waals surface area contributed by atoms with Crippen LogP contribution in [-0.4, -0.2) is 0 Å².